The summed E-state index contributed by atoms with van der Waals surface area (Å²) in [6, 6.07) is 7.90. The van der Waals surface area contributed by atoms with Gasteiger partial charge in [-0.1, -0.05) is 43.0 Å². The predicted octanol–water partition coefficient (Wildman–Crippen LogP) is 1.81. The fraction of sp³-hybridized carbons (Fsp3) is 0.231. The van der Waals surface area contributed by atoms with E-state index in [1.807, 2.05) is 6.07 Å². The number of carbonyl (C=O) groups excluding carboxylic acids is 2. The van der Waals surface area contributed by atoms with Gasteiger partial charge in [-0.15, -0.1) is 0 Å². The number of hydrogen-bond acceptors (Lipinski definition) is 4. The van der Waals surface area contributed by atoms with Crippen molar-refractivity contribution in [2.45, 2.75) is 6.04 Å². The number of ether oxygens (including phenoxy) is 2. The van der Waals surface area contributed by atoms with Crippen molar-refractivity contribution in [1.82, 2.24) is 5.32 Å². The van der Waals surface area contributed by atoms with Crippen LogP contribution in [-0.4, -0.2) is 25.8 Å². The van der Waals surface area contributed by atoms with Gasteiger partial charge in [0.2, 0.25) is 0 Å². The van der Waals surface area contributed by atoms with Crippen LogP contribution in [0.4, 0.5) is 4.79 Å². The molecule has 0 aliphatic carbocycles. The van der Waals surface area contributed by atoms with Crippen molar-refractivity contribution >= 4 is 12.1 Å². The van der Waals surface area contributed by atoms with E-state index in [1.54, 1.807) is 24.3 Å². The van der Waals surface area contributed by atoms with E-state index in [2.05, 4.69) is 16.6 Å². The smallest absolute Gasteiger partial charge is 0.408 e. The molecule has 0 aliphatic rings. The van der Waals surface area contributed by atoms with E-state index in [1.165, 1.54) is 13.2 Å². The third-order valence-electron chi connectivity index (χ3n) is 2.16. The number of carbonyl (C=O) groups is 2. The third kappa shape index (κ3) is 3.93. The van der Waals surface area contributed by atoms with Gasteiger partial charge < -0.3 is 14.8 Å². The molecule has 0 saturated carbocycles. The van der Waals surface area contributed by atoms with Gasteiger partial charge in [-0.05, 0) is 5.56 Å². The third-order valence-corrected chi connectivity index (χ3v) is 2.16. The van der Waals surface area contributed by atoms with Crippen LogP contribution in [0.5, 0.6) is 0 Å². The van der Waals surface area contributed by atoms with Gasteiger partial charge in [0.25, 0.3) is 0 Å². The van der Waals surface area contributed by atoms with Crippen LogP contribution in [0.2, 0.25) is 0 Å². The normalized spacial score (nSPS) is 11.2. The highest BCUT2D eigenvalue weighted by molar-refractivity contribution is 5.82. The monoisotopic (exact) mass is 249 g/mol. The van der Waals surface area contributed by atoms with E-state index in [0.717, 1.165) is 0 Å². The molecule has 0 unspecified atom stereocenters. The van der Waals surface area contributed by atoms with Gasteiger partial charge in [-0.25, -0.2) is 9.59 Å². The Morgan fingerprint density at radius 1 is 1.39 bits per heavy atom. The molecule has 0 radical (unpaired) electrons. The minimum atomic E-state index is -0.881. The summed E-state index contributed by atoms with van der Waals surface area (Å²) in [5, 5.41) is 2.44. The van der Waals surface area contributed by atoms with Crippen molar-refractivity contribution in [3.05, 3.63) is 48.6 Å². The largest absolute Gasteiger partial charge is 0.467 e. The van der Waals surface area contributed by atoms with Gasteiger partial charge in [0, 0.05) is 0 Å². The van der Waals surface area contributed by atoms with E-state index in [4.69, 9.17) is 4.74 Å². The zero-order chi connectivity index (χ0) is 13.4. The molecule has 18 heavy (non-hydrogen) atoms. The average Bonchev–Trinajstić information content (AvgIpc) is 2.42. The highest BCUT2D eigenvalue weighted by atomic mass is 16.6. The summed E-state index contributed by atoms with van der Waals surface area (Å²) in [7, 11) is 1.26. The number of amides is 1. The van der Waals surface area contributed by atoms with Crippen molar-refractivity contribution in [3.63, 3.8) is 0 Å². The zero-order valence-corrected chi connectivity index (χ0v) is 10.1. The molecular formula is C13H15NO4. The van der Waals surface area contributed by atoms with Crippen LogP contribution in [0.25, 0.3) is 0 Å². The molecular weight excluding hydrogens is 234 g/mol. The summed E-state index contributed by atoms with van der Waals surface area (Å²) in [5.74, 6) is -0.559. The summed E-state index contributed by atoms with van der Waals surface area (Å²) in [6.45, 7) is 3.50. The maximum Gasteiger partial charge on any atom is 0.408 e. The Bertz CT molecular complexity index is 416. The van der Waals surface area contributed by atoms with Crippen LogP contribution in [-0.2, 0) is 14.3 Å². The molecule has 0 fully saturated rings. The molecule has 1 atom stereocenters. The Morgan fingerprint density at radius 3 is 2.61 bits per heavy atom. The number of methoxy groups -OCH3 is 1. The molecule has 1 rings (SSSR count). The predicted molar refractivity (Wildman–Crippen MR) is 65.9 cm³/mol. The van der Waals surface area contributed by atoms with Gasteiger partial charge >= 0.3 is 12.1 Å². The maximum absolute atomic E-state index is 11.6. The Morgan fingerprint density at radius 2 is 2.06 bits per heavy atom. The molecule has 0 heterocycles. The highest BCUT2D eigenvalue weighted by Crippen LogP contribution is 2.14. The van der Waals surface area contributed by atoms with E-state index in [0.29, 0.717) is 5.56 Å². The molecule has 1 amide bonds. The Balaban J connectivity index is 2.77. The first kappa shape index (κ1) is 13.8. The first-order valence-corrected chi connectivity index (χ1v) is 5.36. The van der Waals surface area contributed by atoms with Gasteiger partial charge in [0.15, 0.2) is 6.04 Å². The second-order valence-electron chi connectivity index (χ2n) is 3.40. The first-order chi connectivity index (χ1) is 8.69. The van der Waals surface area contributed by atoms with Gasteiger partial charge in [0.05, 0.1) is 7.11 Å². The van der Waals surface area contributed by atoms with Crippen molar-refractivity contribution in [1.29, 1.82) is 0 Å². The van der Waals surface area contributed by atoms with Crippen molar-refractivity contribution in [3.8, 4) is 0 Å². The molecule has 5 nitrogen and oxygen atoms in total. The van der Waals surface area contributed by atoms with Gasteiger partial charge in [0.1, 0.15) is 6.61 Å². The lowest BCUT2D eigenvalue weighted by atomic mass is 10.1. The molecule has 0 bridgehead atoms. The summed E-state index contributed by atoms with van der Waals surface area (Å²) in [5.41, 5.74) is 0.625. The topological polar surface area (TPSA) is 64.6 Å². The van der Waals surface area contributed by atoms with Crippen LogP contribution < -0.4 is 5.32 Å². The standard InChI is InChI=1S/C13H15NO4/c1-3-9-18-13(16)14-11(12(15)17-2)10-7-5-4-6-8-10/h3-8,11H,1,9H2,2H3,(H,14,16)/t11-/m1/s1. The highest BCUT2D eigenvalue weighted by Gasteiger charge is 2.23. The fourth-order valence-electron chi connectivity index (χ4n) is 1.34. The number of nitrogens with one attached hydrogen (secondary N) is 1. The van der Waals surface area contributed by atoms with Gasteiger partial charge in [-0.2, -0.15) is 0 Å². The van der Waals surface area contributed by atoms with Crippen LogP contribution in [0.1, 0.15) is 11.6 Å². The minimum absolute atomic E-state index is 0.0779. The molecule has 1 aromatic rings. The Labute approximate surface area is 105 Å². The van der Waals surface area contributed by atoms with Gasteiger partial charge in [-0.3, -0.25) is 0 Å². The SMILES string of the molecule is C=CCOC(=O)N[C@@H](C(=O)OC)c1ccccc1. The number of benzene rings is 1. The maximum atomic E-state index is 11.6. The minimum Gasteiger partial charge on any atom is -0.467 e. The lowest BCUT2D eigenvalue weighted by Crippen LogP contribution is -2.34. The number of esters is 1. The van der Waals surface area contributed by atoms with Crippen molar-refractivity contribution in [2.75, 3.05) is 13.7 Å². The summed E-state index contributed by atoms with van der Waals surface area (Å²) in [4.78, 5) is 23.0. The molecule has 1 aromatic carbocycles. The number of hydrogen-bond donors (Lipinski definition) is 1. The van der Waals surface area contributed by atoms with Crippen LogP contribution in [0.3, 0.4) is 0 Å². The summed E-state index contributed by atoms with van der Waals surface area (Å²) < 4.78 is 9.40. The van der Waals surface area contributed by atoms with E-state index >= 15 is 0 Å². The van der Waals surface area contributed by atoms with E-state index < -0.39 is 18.1 Å². The lowest BCUT2D eigenvalue weighted by molar-refractivity contribution is -0.143. The van der Waals surface area contributed by atoms with E-state index in [9.17, 15) is 9.59 Å². The Kier molecular flexibility index (Phi) is 5.44. The second-order valence-corrected chi connectivity index (χ2v) is 3.40. The second kappa shape index (κ2) is 7.11. The van der Waals surface area contributed by atoms with Crippen molar-refractivity contribution < 1.29 is 19.1 Å². The average molecular weight is 249 g/mol. The quantitative estimate of drug-likeness (QED) is 0.638. The molecule has 5 heteroatoms. The molecule has 0 saturated heterocycles. The lowest BCUT2D eigenvalue weighted by Gasteiger charge is -2.16. The molecule has 0 aliphatic heterocycles. The van der Waals surface area contributed by atoms with Crippen LogP contribution in [0, 0.1) is 0 Å². The first-order valence-electron chi connectivity index (χ1n) is 5.36. The zero-order valence-electron chi connectivity index (χ0n) is 10.1. The molecule has 1 N–H and O–H groups in total. The summed E-state index contributed by atoms with van der Waals surface area (Å²) >= 11 is 0. The fourth-order valence-corrected chi connectivity index (χ4v) is 1.34. The van der Waals surface area contributed by atoms with Crippen LogP contribution in [0.15, 0.2) is 43.0 Å². The summed E-state index contributed by atoms with van der Waals surface area (Å²) in [6.07, 6.45) is 0.740. The van der Waals surface area contributed by atoms with E-state index in [-0.39, 0.29) is 6.61 Å². The number of alkyl carbamates (subject to hydrolysis) is 1. The Hall–Kier alpha value is -2.30. The van der Waals surface area contributed by atoms with Crippen molar-refractivity contribution in [2.24, 2.45) is 0 Å². The molecule has 0 aromatic heterocycles. The molecule has 0 spiro atoms. The van der Waals surface area contributed by atoms with Crippen LogP contribution >= 0.6 is 0 Å². The number of rotatable bonds is 5. The molecule has 96 valence electrons.